The van der Waals surface area contributed by atoms with Crippen molar-refractivity contribution in [3.05, 3.63) is 83.8 Å². The van der Waals surface area contributed by atoms with E-state index in [0.717, 1.165) is 22.5 Å². The summed E-state index contributed by atoms with van der Waals surface area (Å²) in [6, 6.07) is 13.7. The fraction of sp³-hybridized carbons (Fsp3) is 0.0833. The number of halogens is 3. The Morgan fingerprint density at radius 2 is 1.66 bits per heavy atom. The van der Waals surface area contributed by atoms with E-state index in [1.54, 1.807) is 24.3 Å². The predicted octanol–water partition coefficient (Wildman–Crippen LogP) is 8.39. The lowest BCUT2D eigenvalue weighted by atomic mass is 10.2. The number of carbonyl (C=O) groups excluding carboxylic acids is 2. The number of benzene rings is 2. The van der Waals surface area contributed by atoms with Crippen molar-refractivity contribution in [2.45, 2.75) is 13.8 Å². The van der Waals surface area contributed by atoms with Gasteiger partial charge >= 0.3 is 0 Å². The highest BCUT2D eigenvalue weighted by Crippen LogP contribution is 2.42. The molecule has 1 aliphatic rings. The molecule has 3 N–H and O–H groups in total. The van der Waals surface area contributed by atoms with Gasteiger partial charge in [-0.25, -0.2) is 0 Å². The van der Waals surface area contributed by atoms with Gasteiger partial charge in [0.05, 0.1) is 31.2 Å². The zero-order valence-corrected chi connectivity index (χ0v) is 22.1. The second-order valence-corrected chi connectivity index (χ2v) is 11.5. The maximum absolute atomic E-state index is 11.9. The first kappa shape index (κ1) is 25.3. The van der Waals surface area contributed by atoms with Crippen molar-refractivity contribution >= 4 is 80.7 Å². The molecule has 0 radical (unpaired) electrons. The summed E-state index contributed by atoms with van der Waals surface area (Å²) in [5.74, 6) is 0.0736. The third kappa shape index (κ3) is 5.91. The first-order valence-electron chi connectivity index (χ1n) is 10.1. The number of ether oxygens (including phenoxy) is 1. The average Bonchev–Trinajstić information content (AvgIpc) is 3.29. The van der Waals surface area contributed by atoms with Crippen LogP contribution in [0.3, 0.4) is 0 Å². The molecule has 0 unspecified atom stereocenters. The number of thiophene rings is 2. The van der Waals surface area contributed by atoms with Gasteiger partial charge in [-0.15, -0.1) is 11.3 Å². The normalized spacial score (nSPS) is 11.7. The van der Waals surface area contributed by atoms with Gasteiger partial charge in [0.2, 0.25) is 0 Å². The lowest BCUT2D eigenvalue weighted by molar-refractivity contribution is 0.101. The van der Waals surface area contributed by atoms with Crippen LogP contribution in [-0.2, 0) is 0 Å². The third-order valence-electron chi connectivity index (χ3n) is 4.80. The summed E-state index contributed by atoms with van der Waals surface area (Å²) >= 11 is 19.9. The summed E-state index contributed by atoms with van der Waals surface area (Å²) in [5, 5.41) is 15.6. The number of phenolic OH excluding ortho intramolecular Hbond substituents is 1. The quantitative estimate of drug-likeness (QED) is 0.212. The number of anilines is 2. The van der Waals surface area contributed by atoms with E-state index in [1.165, 1.54) is 17.4 Å². The molecule has 3 heterocycles. The van der Waals surface area contributed by atoms with Gasteiger partial charge in [0.25, 0.3) is 11.8 Å². The van der Waals surface area contributed by atoms with Gasteiger partial charge in [-0.05, 0) is 61.4 Å². The topological polar surface area (TPSA) is 87.7 Å². The van der Waals surface area contributed by atoms with Crippen molar-refractivity contribution in [3.63, 3.8) is 0 Å². The molecule has 5 rings (SSSR count). The number of carbonyl (C=O) groups is 2. The minimum atomic E-state index is -0.401. The zero-order valence-electron chi connectivity index (χ0n) is 18.2. The number of amides is 2. The zero-order chi connectivity index (χ0) is 25.3. The monoisotopic (exact) mass is 566 g/mol. The highest BCUT2D eigenvalue weighted by molar-refractivity contribution is 7.20. The van der Waals surface area contributed by atoms with Gasteiger partial charge in [0.15, 0.2) is 10.8 Å². The molecule has 0 aliphatic carbocycles. The van der Waals surface area contributed by atoms with E-state index in [2.05, 4.69) is 10.6 Å². The Kier molecular flexibility index (Phi) is 7.59. The predicted molar refractivity (Wildman–Crippen MR) is 144 cm³/mol. The standard InChI is InChI=1S/C12H9Cl2NO2S.C12H8ClNO2S/c1-6-2-3-8(9(16)4-6)15-12(17)7-5-10(13)18-11(7)14;1-6-2-3-8-9(4-6)16-12-7(11(15)14-8)5-10(13)17-12/h2-5,16H,1H3,(H,15,17);2-5H,1H3,(H,14,15). The maximum Gasteiger partial charge on any atom is 0.260 e. The van der Waals surface area contributed by atoms with Crippen molar-refractivity contribution in [2.75, 3.05) is 10.6 Å². The fourth-order valence-corrected chi connectivity index (χ4v) is 5.64. The minimum Gasteiger partial charge on any atom is -0.506 e. The molecule has 35 heavy (non-hydrogen) atoms. The Hall–Kier alpha value is -2.75. The largest absolute Gasteiger partial charge is 0.506 e. The van der Waals surface area contributed by atoms with E-state index in [4.69, 9.17) is 39.5 Å². The van der Waals surface area contributed by atoms with Crippen molar-refractivity contribution in [1.29, 1.82) is 0 Å². The summed E-state index contributed by atoms with van der Waals surface area (Å²) in [6.45, 7) is 3.82. The van der Waals surface area contributed by atoms with Crippen molar-refractivity contribution in [2.24, 2.45) is 0 Å². The van der Waals surface area contributed by atoms with Gasteiger partial charge < -0.3 is 20.5 Å². The SMILES string of the molecule is Cc1ccc(NC(=O)c2cc(Cl)sc2Cl)c(O)c1.Cc1ccc2c(c1)Oc1sc(Cl)cc1C(=O)N2. The van der Waals surface area contributed by atoms with Crippen LogP contribution in [0.15, 0.2) is 48.5 Å². The van der Waals surface area contributed by atoms with E-state index in [9.17, 15) is 14.7 Å². The molecule has 2 aromatic heterocycles. The second-order valence-electron chi connectivity index (χ2n) is 7.52. The molecular weight excluding hydrogens is 551 g/mol. The fourth-order valence-electron chi connectivity index (χ4n) is 3.12. The van der Waals surface area contributed by atoms with E-state index in [1.807, 2.05) is 32.0 Å². The highest BCUT2D eigenvalue weighted by Gasteiger charge is 2.23. The Morgan fingerprint density at radius 1 is 0.971 bits per heavy atom. The molecule has 0 fully saturated rings. The third-order valence-corrected chi connectivity index (χ3v) is 7.43. The average molecular weight is 568 g/mol. The number of aromatic hydroxyl groups is 1. The number of phenols is 1. The number of hydrogen-bond acceptors (Lipinski definition) is 6. The van der Waals surface area contributed by atoms with Crippen LogP contribution in [0.4, 0.5) is 11.4 Å². The van der Waals surface area contributed by atoms with Gasteiger partial charge in [-0.3, -0.25) is 9.59 Å². The van der Waals surface area contributed by atoms with Crippen LogP contribution in [0.25, 0.3) is 0 Å². The molecule has 180 valence electrons. The van der Waals surface area contributed by atoms with E-state index in [0.29, 0.717) is 46.3 Å². The minimum absolute atomic E-state index is 0.0146. The summed E-state index contributed by atoms with van der Waals surface area (Å²) < 4.78 is 7.03. The number of fused-ring (bicyclic) bond motifs is 2. The van der Waals surface area contributed by atoms with Crippen molar-refractivity contribution in [1.82, 2.24) is 0 Å². The van der Waals surface area contributed by atoms with Gasteiger partial charge in [0.1, 0.15) is 10.1 Å². The molecule has 11 heteroatoms. The summed E-state index contributed by atoms with van der Waals surface area (Å²) in [6.07, 6.45) is 0. The molecule has 0 saturated heterocycles. The van der Waals surface area contributed by atoms with Crippen LogP contribution in [0.2, 0.25) is 13.0 Å². The second kappa shape index (κ2) is 10.5. The van der Waals surface area contributed by atoms with Crippen LogP contribution in [0.1, 0.15) is 31.8 Å². The van der Waals surface area contributed by atoms with Gasteiger partial charge in [-0.2, -0.15) is 0 Å². The molecule has 0 spiro atoms. The van der Waals surface area contributed by atoms with Crippen LogP contribution in [-0.4, -0.2) is 16.9 Å². The number of hydrogen-bond donors (Lipinski definition) is 3. The van der Waals surface area contributed by atoms with Crippen molar-refractivity contribution in [3.8, 4) is 16.6 Å². The van der Waals surface area contributed by atoms with Crippen LogP contribution in [0.5, 0.6) is 16.6 Å². The van der Waals surface area contributed by atoms with Crippen molar-refractivity contribution < 1.29 is 19.4 Å². The smallest absolute Gasteiger partial charge is 0.260 e. The number of nitrogens with one attached hydrogen (secondary N) is 2. The molecule has 2 amide bonds. The summed E-state index contributed by atoms with van der Waals surface area (Å²) in [4.78, 5) is 23.9. The molecule has 6 nitrogen and oxygen atoms in total. The highest BCUT2D eigenvalue weighted by atomic mass is 35.5. The van der Waals surface area contributed by atoms with E-state index in [-0.39, 0.29) is 11.7 Å². The molecule has 2 aromatic carbocycles. The first-order chi connectivity index (χ1) is 16.6. The lowest BCUT2D eigenvalue weighted by Crippen LogP contribution is -2.11. The molecular formula is C24H17Cl3N2O4S2. The number of rotatable bonds is 2. The Balaban J connectivity index is 0.000000165. The summed E-state index contributed by atoms with van der Waals surface area (Å²) in [5.41, 5.74) is 3.77. The van der Waals surface area contributed by atoms with Gasteiger partial charge in [-0.1, -0.05) is 58.3 Å². The molecule has 0 bridgehead atoms. The van der Waals surface area contributed by atoms with E-state index >= 15 is 0 Å². The van der Waals surface area contributed by atoms with Crippen LogP contribution in [0, 0.1) is 13.8 Å². The van der Waals surface area contributed by atoms with Crippen LogP contribution >= 0.6 is 57.5 Å². The molecule has 4 aromatic rings. The molecule has 0 saturated carbocycles. The molecule has 1 aliphatic heterocycles. The lowest BCUT2D eigenvalue weighted by Gasteiger charge is -2.07. The maximum atomic E-state index is 11.9. The van der Waals surface area contributed by atoms with Gasteiger partial charge in [0, 0.05) is 0 Å². The number of aryl methyl sites for hydroxylation is 2. The van der Waals surface area contributed by atoms with Crippen LogP contribution < -0.4 is 15.4 Å². The first-order valence-corrected chi connectivity index (χ1v) is 12.8. The molecule has 0 atom stereocenters. The Bertz CT molecular complexity index is 1450. The van der Waals surface area contributed by atoms with E-state index < -0.39 is 5.91 Å². The Morgan fingerprint density at radius 3 is 2.34 bits per heavy atom. The summed E-state index contributed by atoms with van der Waals surface area (Å²) in [7, 11) is 0. The Labute approximate surface area is 224 Å².